The van der Waals surface area contributed by atoms with Crippen LogP contribution in [0.3, 0.4) is 0 Å². The Hall–Kier alpha value is -3.88. The predicted molar refractivity (Wildman–Crippen MR) is 129 cm³/mol. The summed E-state index contributed by atoms with van der Waals surface area (Å²) in [6.45, 7) is 0. The van der Waals surface area contributed by atoms with Crippen molar-refractivity contribution in [3.05, 3.63) is 100 Å². The first-order valence-electron chi connectivity index (χ1n) is 9.91. The van der Waals surface area contributed by atoms with Crippen LogP contribution < -0.4 is 15.4 Å². The summed E-state index contributed by atoms with van der Waals surface area (Å²) in [5, 5.41) is 10.2. The second-order valence-corrected chi connectivity index (χ2v) is 7.92. The Bertz CT molecular complexity index is 1390. The molecule has 10 heteroatoms. The fraction of sp³-hybridized carbons (Fsp3) is 0.0417. The number of hydrogen-bond acceptors (Lipinski definition) is 4. The highest BCUT2D eigenvalue weighted by molar-refractivity contribution is 6.32. The fourth-order valence-corrected chi connectivity index (χ4v) is 3.54. The van der Waals surface area contributed by atoms with Gasteiger partial charge in [-0.2, -0.15) is 5.10 Å². The van der Waals surface area contributed by atoms with Crippen molar-refractivity contribution in [3.63, 3.8) is 0 Å². The number of aromatic nitrogens is 2. The van der Waals surface area contributed by atoms with E-state index in [0.717, 1.165) is 6.07 Å². The number of carbonyl (C=O) groups excluding carboxylic acids is 2. The van der Waals surface area contributed by atoms with Crippen LogP contribution in [0.1, 0.15) is 20.7 Å². The largest absolute Gasteiger partial charge is 0.495 e. The minimum atomic E-state index is -0.760. The third kappa shape index (κ3) is 5.03. The summed E-state index contributed by atoms with van der Waals surface area (Å²) >= 11 is 11.9. The van der Waals surface area contributed by atoms with Gasteiger partial charge < -0.3 is 15.4 Å². The molecular formula is C24H17Cl2FN4O3. The Labute approximate surface area is 204 Å². The van der Waals surface area contributed by atoms with Crippen LogP contribution in [0.15, 0.2) is 73.1 Å². The molecule has 3 aromatic carbocycles. The molecule has 4 aromatic rings. The molecule has 1 heterocycles. The first kappa shape index (κ1) is 23.3. The maximum Gasteiger partial charge on any atom is 0.258 e. The zero-order chi connectivity index (χ0) is 24.2. The number of halogens is 3. The van der Waals surface area contributed by atoms with E-state index in [1.807, 2.05) is 6.07 Å². The van der Waals surface area contributed by atoms with Crippen LogP contribution >= 0.6 is 23.2 Å². The summed E-state index contributed by atoms with van der Waals surface area (Å²) in [7, 11) is 1.43. The van der Waals surface area contributed by atoms with Gasteiger partial charge in [0.15, 0.2) is 0 Å². The number of amides is 2. The lowest BCUT2D eigenvalue weighted by molar-refractivity contribution is 0.101. The smallest absolute Gasteiger partial charge is 0.258 e. The van der Waals surface area contributed by atoms with Crippen molar-refractivity contribution in [2.45, 2.75) is 0 Å². The summed E-state index contributed by atoms with van der Waals surface area (Å²) in [6.07, 6.45) is 2.96. The molecule has 0 atom stereocenters. The first-order valence-corrected chi connectivity index (χ1v) is 10.7. The van der Waals surface area contributed by atoms with Gasteiger partial charge in [0.1, 0.15) is 11.6 Å². The number of ether oxygens (including phenoxy) is 1. The topological polar surface area (TPSA) is 85.2 Å². The second kappa shape index (κ2) is 9.94. The van der Waals surface area contributed by atoms with Crippen molar-refractivity contribution in [1.29, 1.82) is 0 Å². The SMILES string of the molecule is COc1ccc(NC(=O)c2cnn(-c3ccccc3Cl)c2)cc1NC(=O)c1ccc(Cl)cc1F. The predicted octanol–water partition coefficient (Wildman–Crippen LogP) is 5.83. The Morgan fingerprint density at radius 3 is 2.53 bits per heavy atom. The highest BCUT2D eigenvalue weighted by Crippen LogP contribution is 2.29. The van der Waals surface area contributed by atoms with Crippen LogP contribution in [-0.2, 0) is 0 Å². The van der Waals surface area contributed by atoms with E-state index < -0.39 is 17.6 Å². The standard InChI is InChI=1S/C24H17Cl2FN4O3/c1-34-22-9-7-16(11-20(22)30-24(33)17-8-6-15(25)10-19(17)27)29-23(32)14-12-28-31(13-14)21-5-3-2-4-18(21)26/h2-13H,1H3,(H,29,32)(H,30,33). The molecule has 2 amide bonds. The van der Waals surface area contributed by atoms with Crippen molar-refractivity contribution in [2.24, 2.45) is 0 Å². The third-order valence-corrected chi connectivity index (χ3v) is 5.38. The monoisotopic (exact) mass is 498 g/mol. The molecule has 34 heavy (non-hydrogen) atoms. The molecule has 0 spiro atoms. The number of nitrogens with zero attached hydrogens (tertiary/aromatic N) is 2. The van der Waals surface area contributed by atoms with Gasteiger partial charge in [-0.05, 0) is 48.5 Å². The Morgan fingerprint density at radius 1 is 1.00 bits per heavy atom. The minimum Gasteiger partial charge on any atom is -0.495 e. The average molecular weight is 499 g/mol. The summed E-state index contributed by atoms with van der Waals surface area (Å²) in [4.78, 5) is 25.3. The molecule has 0 unspecified atom stereocenters. The van der Waals surface area contributed by atoms with Crippen molar-refractivity contribution < 1.29 is 18.7 Å². The molecule has 0 saturated heterocycles. The van der Waals surface area contributed by atoms with Crippen molar-refractivity contribution in [3.8, 4) is 11.4 Å². The lowest BCUT2D eigenvalue weighted by Gasteiger charge is -2.13. The summed E-state index contributed by atoms with van der Waals surface area (Å²) in [5.74, 6) is -1.56. The fourth-order valence-electron chi connectivity index (χ4n) is 3.16. The number of hydrogen-bond donors (Lipinski definition) is 2. The molecule has 4 rings (SSSR count). The molecule has 0 saturated carbocycles. The van der Waals surface area contributed by atoms with Crippen molar-refractivity contribution in [1.82, 2.24) is 9.78 Å². The average Bonchev–Trinajstić information content (AvgIpc) is 3.30. The molecule has 2 N–H and O–H groups in total. The number of rotatable bonds is 6. The lowest BCUT2D eigenvalue weighted by Crippen LogP contribution is -2.15. The number of benzene rings is 3. The normalized spacial score (nSPS) is 10.6. The van der Waals surface area contributed by atoms with Crippen molar-refractivity contribution >= 4 is 46.4 Å². The van der Waals surface area contributed by atoms with Gasteiger partial charge in [0.05, 0.1) is 40.8 Å². The molecule has 0 aliphatic carbocycles. The van der Waals surface area contributed by atoms with Gasteiger partial charge in [-0.25, -0.2) is 9.07 Å². The highest BCUT2D eigenvalue weighted by atomic mass is 35.5. The van der Waals surface area contributed by atoms with Gasteiger partial charge in [-0.15, -0.1) is 0 Å². The molecule has 0 aliphatic rings. The Kier molecular flexibility index (Phi) is 6.81. The van der Waals surface area contributed by atoms with Gasteiger partial charge in [-0.1, -0.05) is 35.3 Å². The molecule has 0 aliphatic heterocycles. The van der Waals surface area contributed by atoms with Crippen LogP contribution in [0, 0.1) is 5.82 Å². The van der Waals surface area contributed by atoms with E-state index in [4.69, 9.17) is 27.9 Å². The minimum absolute atomic E-state index is 0.175. The molecule has 172 valence electrons. The van der Waals surface area contributed by atoms with Gasteiger partial charge >= 0.3 is 0 Å². The van der Waals surface area contributed by atoms with E-state index in [1.165, 1.54) is 36.2 Å². The Balaban J connectivity index is 1.53. The quantitative estimate of drug-likeness (QED) is 0.350. The van der Waals surface area contributed by atoms with E-state index in [-0.39, 0.29) is 16.3 Å². The van der Waals surface area contributed by atoms with Crippen LogP contribution in [0.4, 0.5) is 15.8 Å². The first-order chi connectivity index (χ1) is 16.4. The number of anilines is 2. The summed E-state index contributed by atoms with van der Waals surface area (Å²) < 4.78 is 20.9. The molecular weight excluding hydrogens is 482 g/mol. The summed E-state index contributed by atoms with van der Waals surface area (Å²) in [5.41, 5.74) is 1.36. The van der Waals surface area contributed by atoms with Crippen LogP contribution in [0.5, 0.6) is 5.75 Å². The van der Waals surface area contributed by atoms with E-state index in [0.29, 0.717) is 27.7 Å². The maximum atomic E-state index is 14.1. The van der Waals surface area contributed by atoms with Crippen LogP contribution in [0.2, 0.25) is 10.0 Å². The van der Waals surface area contributed by atoms with E-state index >= 15 is 0 Å². The lowest BCUT2D eigenvalue weighted by atomic mass is 10.2. The molecule has 7 nitrogen and oxygen atoms in total. The van der Waals surface area contributed by atoms with E-state index in [9.17, 15) is 14.0 Å². The highest BCUT2D eigenvalue weighted by Gasteiger charge is 2.16. The van der Waals surface area contributed by atoms with Gasteiger partial charge in [0.25, 0.3) is 11.8 Å². The number of methoxy groups -OCH3 is 1. The Morgan fingerprint density at radius 2 is 1.79 bits per heavy atom. The third-order valence-electron chi connectivity index (χ3n) is 4.83. The second-order valence-electron chi connectivity index (χ2n) is 7.07. The zero-order valence-corrected chi connectivity index (χ0v) is 19.2. The molecule has 0 bridgehead atoms. The van der Waals surface area contributed by atoms with Gasteiger partial charge in [0, 0.05) is 16.9 Å². The number of nitrogens with one attached hydrogen (secondary N) is 2. The molecule has 0 fully saturated rings. The van der Waals surface area contributed by atoms with Gasteiger partial charge in [0.2, 0.25) is 0 Å². The zero-order valence-electron chi connectivity index (χ0n) is 17.7. The number of para-hydroxylation sites is 1. The molecule has 0 radical (unpaired) electrons. The van der Waals surface area contributed by atoms with E-state index in [1.54, 1.807) is 36.5 Å². The van der Waals surface area contributed by atoms with Crippen LogP contribution in [-0.4, -0.2) is 28.7 Å². The molecule has 1 aromatic heterocycles. The van der Waals surface area contributed by atoms with E-state index in [2.05, 4.69) is 15.7 Å². The number of carbonyl (C=O) groups is 2. The maximum absolute atomic E-state index is 14.1. The van der Waals surface area contributed by atoms with Crippen LogP contribution in [0.25, 0.3) is 5.69 Å². The summed E-state index contributed by atoms with van der Waals surface area (Å²) in [6, 6.07) is 15.5. The van der Waals surface area contributed by atoms with Crippen molar-refractivity contribution in [2.75, 3.05) is 17.7 Å². The van der Waals surface area contributed by atoms with Gasteiger partial charge in [-0.3, -0.25) is 9.59 Å².